The van der Waals surface area contributed by atoms with Crippen LogP contribution in [0.2, 0.25) is 0 Å². The summed E-state index contributed by atoms with van der Waals surface area (Å²) in [5, 5.41) is 0. The summed E-state index contributed by atoms with van der Waals surface area (Å²) >= 11 is 0. The number of benzene rings is 1. The Labute approximate surface area is 91.6 Å². The first kappa shape index (κ1) is 11.8. The van der Waals surface area contributed by atoms with Crippen LogP contribution >= 0.6 is 0 Å². The molecule has 6 N–H and O–H groups in total. The number of nitrogens with two attached hydrogens (primary N) is 3. The standard InChI is InChI=1S/C9H12FN5O/c1-16-7-3-2-5(10)4-6(7)14-9(13)15-8(11)12/h2-4H,1H3,(H6,11,12,13,14,15). The zero-order valence-electron chi connectivity index (χ0n) is 8.64. The van der Waals surface area contributed by atoms with Crippen LogP contribution in [0.25, 0.3) is 0 Å². The van der Waals surface area contributed by atoms with Crippen molar-refractivity contribution in [2.45, 2.75) is 0 Å². The molecule has 1 aromatic carbocycles. The average Bonchev–Trinajstić information content (AvgIpc) is 2.16. The monoisotopic (exact) mass is 225 g/mol. The Hall–Kier alpha value is -2.31. The Morgan fingerprint density at radius 1 is 1.31 bits per heavy atom. The Morgan fingerprint density at radius 2 is 2.00 bits per heavy atom. The summed E-state index contributed by atoms with van der Waals surface area (Å²) < 4.78 is 17.9. The molecule has 0 saturated carbocycles. The van der Waals surface area contributed by atoms with E-state index in [9.17, 15) is 4.39 Å². The van der Waals surface area contributed by atoms with Crippen molar-refractivity contribution in [3.05, 3.63) is 24.0 Å². The van der Waals surface area contributed by atoms with E-state index in [4.69, 9.17) is 21.9 Å². The van der Waals surface area contributed by atoms with Gasteiger partial charge < -0.3 is 21.9 Å². The average molecular weight is 225 g/mol. The second kappa shape index (κ2) is 4.96. The summed E-state index contributed by atoms with van der Waals surface area (Å²) in [4.78, 5) is 7.31. The number of halogens is 1. The van der Waals surface area contributed by atoms with E-state index in [1.54, 1.807) is 0 Å². The van der Waals surface area contributed by atoms with Crippen molar-refractivity contribution < 1.29 is 9.13 Å². The summed E-state index contributed by atoms with van der Waals surface area (Å²) in [5.74, 6) is -0.493. The number of nitrogens with zero attached hydrogens (tertiary/aromatic N) is 2. The lowest BCUT2D eigenvalue weighted by Crippen LogP contribution is -2.26. The Morgan fingerprint density at radius 3 is 2.56 bits per heavy atom. The van der Waals surface area contributed by atoms with Gasteiger partial charge in [-0.1, -0.05) is 0 Å². The molecule has 7 heteroatoms. The summed E-state index contributed by atoms with van der Waals surface area (Å²) in [7, 11) is 1.43. The van der Waals surface area contributed by atoms with E-state index in [2.05, 4.69) is 9.98 Å². The molecule has 6 nitrogen and oxygen atoms in total. The van der Waals surface area contributed by atoms with E-state index in [0.717, 1.165) is 6.07 Å². The van der Waals surface area contributed by atoms with Crippen LogP contribution in [0.4, 0.5) is 10.1 Å². The highest BCUT2D eigenvalue weighted by Crippen LogP contribution is 2.27. The van der Waals surface area contributed by atoms with Crippen molar-refractivity contribution in [3.8, 4) is 5.75 Å². The second-order valence-electron chi connectivity index (χ2n) is 2.82. The lowest BCUT2D eigenvalue weighted by molar-refractivity contribution is 0.415. The molecule has 1 aromatic rings. The van der Waals surface area contributed by atoms with Gasteiger partial charge in [0.25, 0.3) is 0 Å². The smallest absolute Gasteiger partial charge is 0.223 e. The quantitative estimate of drug-likeness (QED) is 0.487. The van der Waals surface area contributed by atoms with E-state index in [1.807, 2.05) is 0 Å². The summed E-state index contributed by atoms with van der Waals surface area (Å²) in [6, 6.07) is 3.83. The molecule has 0 aromatic heterocycles. The molecule has 0 aliphatic carbocycles. The zero-order valence-corrected chi connectivity index (χ0v) is 8.64. The summed E-state index contributed by atoms with van der Waals surface area (Å²) in [6.45, 7) is 0. The number of hydrogen-bond donors (Lipinski definition) is 3. The molecular weight excluding hydrogens is 213 g/mol. The van der Waals surface area contributed by atoms with Crippen LogP contribution in [0.5, 0.6) is 5.75 Å². The molecule has 0 radical (unpaired) electrons. The first-order valence-electron chi connectivity index (χ1n) is 4.30. The van der Waals surface area contributed by atoms with Gasteiger partial charge in [-0.25, -0.2) is 9.38 Å². The lowest BCUT2D eigenvalue weighted by atomic mass is 10.3. The van der Waals surface area contributed by atoms with Crippen LogP contribution in [0.3, 0.4) is 0 Å². The number of guanidine groups is 2. The number of ether oxygens (including phenoxy) is 1. The van der Waals surface area contributed by atoms with Gasteiger partial charge in [0, 0.05) is 6.07 Å². The molecule has 0 spiro atoms. The Kier molecular flexibility index (Phi) is 3.65. The SMILES string of the molecule is COc1ccc(F)cc1N=C(N)N=C(N)N. The topological polar surface area (TPSA) is 112 Å². The van der Waals surface area contributed by atoms with Crippen molar-refractivity contribution in [3.63, 3.8) is 0 Å². The van der Waals surface area contributed by atoms with Gasteiger partial charge in [0.2, 0.25) is 5.96 Å². The number of methoxy groups -OCH3 is 1. The van der Waals surface area contributed by atoms with Crippen LogP contribution in [0.15, 0.2) is 28.2 Å². The minimum absolute atomic E-state index is 0.177. The van der Waals surface area contributed by atoms with Crippen molar-refractivity contribution in [1.82, 2.24) is 0 Å². The molecule has 1 rings (SSSR count). The van der Waals surface area contributed by atoms with Crippen molar-refractivity contribution in [1.29, 1.82) is 0 Å². The Bertz CT molecular complexity index is 440. The van der Waals surface area contributed by atoms with Gasteiger partial charge in [-0.2, -0.15) is 4.99 Å². The third-order valence-electron chi connectivity index (χ3n) is 1.62. The van der Waals surface area contributed by atoms with Crippen molar-refractivity contribution >= 4 is 17.6 Å². The highest BCUT2D eigenvalue weighted by atomic mass is 19.1. The lowest BCUT2D eigenvalue weighted by Gasteiger charge is -2.04. The highest BCUT2D eigenvalue weighted by Gasteiger charge is 2.03. The highest BCUT2D eigenvalue weighted by molar-refractivity contribution is 5.93. The maximum atomic E-state index is 12.9. The largest absolute Gasteiger partial charge is 0.494 e. The normalized spacial score (nSPS) is 11.0. The number of hydrogen-bond acceptors (Lipinski definition) is 2. The van der Waals surface area contributed by atoms with Gasteiger partial charge in [-0.3, -0.25) is 0 Å². The van der Waals surface area contributed by atoms with Crippen LogP contribution in [0, 0.1) is 5.82 Å². The predicted octanol–water partition coefficient (Wildman–Crippen LogP) is 0.0539. The van der Waals surface area contributed by atoms with E-state index in [1.165, 1.54) is 19.2 Å². The minimum Gasteiger partial charge on any atom is -0.494 e. The van der Waals surface area contributed by atoms with Gasteiger partial charge in [0.05, 0.1) is 7.11 Å². The van der Waals surface area contributed by atoms with E-state index in [-0.39, 0.29) is 17.6 Å². The maximum Gasteiger partial charge on any atom is 0.223 e. The molecule has 0 bridgehead atoms. The van der Waals surface area contributed by atoms with Gasteiger partial charge in [0.1, 0.15) is 17.3 Å². The molecule has 0 fully saturated rings. The van der Waals surface area contributed by atoms with E-state index in [0.29, 0.717) is 5.75 Å². The van der Waals surface area contributed by atoms with E-state index < -0.39 is 5.82 Å². The molecule has 16 heavy (non-hydrogen) atoms. The third kappa shape index (κ3) is 3.12. The molecule has 0 aliphatic heterocycles. The first-order valence-corrected chi connectivity index (χ1v) is 4.30. The molecule has 0 atom stereocenters. The fourth-order valence-electron chi connectivity index (χ4n) is 1.03. The van der Waals surface area contributed by atoms with Gasteiger partial charge in [-0.05, 0) is 12.1 Å². The fourth-order valence-corrected chi connectivity index (χ4v) is 1.03. The molecule has 0 amide bonds. The van der Waals surface area contributed by atoms with Gasteiger partial charge in [-0.15, -0.1) is 0 Å². The molecule has 0 unspecified atom stereocenters. The maximum absolute atomic E-state index is 12.9. The van der Waals surface area contributed by atoms with E-state index >= 15 is 0 Å². The molecule has 0 saturated heterocycles. The van der Waals surface area contributed by atoms with Crippen molar-refractivity contribution in [2.75, 3.05) is 7.11 Å². The first-order chi connectivity index (χ1) is 7.52. The summed E-state index contributed by atoms with van der Waals surface area (Å²) in [5.41, 5.74) is 15.8. The van der Waals surface area contributed by atoms with Crippen LogP contribution < -0.4 is 21.9 Å². The van der Waals surface area contributed by atoms with Gasteiger partial charge >= 0.3 is 0 Å². The van der Waals surface area contributed by atoms with Crippen LogP contribution in [-0.4, -0.2) is 19.0 Å². The van der Waals surface area contributed by atoms with Crippen LogP contribution in [-0.2, 0) is 0 Å². The second-order valence-corrected chi connectivity index (χ2v) is 2.82. The zero-order chi connectivity index (χ0) is 12.1. The van der Waals surface area contributed by atoms with Crippen LogP contribution in [0.1, 0.15) is 0 Å². The molecule has 0 heterocycles. The van der Waals surface area contributed by atoms with Gasteiger partial charge in [0.15, 0.2) is 5.96 Å². The molecular formula is C9H12FN5O. The summed E-state index contributed by atoms with van der Waals surface area (Å²) in [6.07, 6.45) is 0. The molecule has 0 aliphatic rings. The third-order valence-corrected chi connectivity index (χ3v) is 1.62. The number of aliphatic imine (C=N–C) groups is 2. The number of rotatable bonds is 2. The van der Waals surface area contributed by atoms with Crippen molar-refractivity contribution in [2.24, 2.45) is 27.2 Å². The fraction of sp³-hybridized carbons (Fsp3) is 0.111. The Balaban J connectivity index is 3.12. The minimum atomic E-state index is -0.461. The predicted molar refractivity (Wildman–Crippen MR) is 60.0 cm³/mol. The molecule has 86 valence electrons.